The van der Waals surface area contributed by atoms with Gasteiger partial charge in [0.1, 0.15) is 23.2 Å². The number of amides is 1. The number of hydrogen-bond donors (Lipinski definition) is 3. The zero-order chi connectivity index (χ0) is 23.8. The van der Waals surface area contributed by atoms with Crippen molar-refractivity contribution >= 4 is 28.7 Å². The second-order valence-electron chi connectivity index (χ2n) is 8.39. The molecule has 0 unspecified atom stereocenters. The average molecular weight is 452 g/mol. The van der Waals surface area contributed by atoms with Crippen molar-refractivity contribution in [1.29, 1.82) is 0 Å². The Balaban J connectivity index is 1.60. The molecule has 0 saturated heterocycles. The number of carbonyl (C=O) groups excluding carboxylic acids is 2. The number of ether oxygens (including phenoxy) is 2. The molecule has 2 aliphatic heterocycles. The number of methoxy groups -OCH3 is 1. The van der Waals surface area contributed by atoms with Crippen LogP contribution in [0.5, 0.6) is 0 Å². The topological polar surface area (TPSA) is 96.9 Å². The molecule has 1 atom stereocenters. The van der Waals surface area contributed by atoms with Gasteiger partial charge >= 0.3 is 5.97 Å². The van der Waals surface area contributed by atoms with Crippen LogP contribution in [0.25, 0.3) is 11.1 Å². The van der Waals surface area contributed by atoms with Crippen molar-refractivity contribution in [3.05, 3.63) is 76.8 Å². The Morgan fingerprint density at radius 1 is 1.24 bits per heavy atom. The van der Waals surface area contributed by atoms with Gasteiger partial charge in [0.25, 0.3) is 5.91 Å². The van der Waals surface area contributed by atoms with Gasteiger partial charge < -0.3 is 19.9 Å². The van der Waals surface area contributed by atoms with Crippen molar-refractivity contribution in [2.45, 2.75) is 32.0 Å². The molecular weight excluding hydrogens is 427 g/mol. The van der Waals surface area contributed by atoms with Crippen LogP contribution in [-0.4, -0.2) is 42.3 Å². The summed E-state index contributed by atoms with van der Waals surface area (Å²) in [5, 5.41) is 15.0. The highest BCUT2D eigenvalue weighted by Crippen LogP contribution is 2.44. The van der Waals surface area contributed by atoms with Gasteiger partial charge in [0.15, 0.2) is 0 Å². The minimum atomic E-state index is -0.793. The standard InChI is InChI=1S/C25H25FN2O5/c1-25(2)18(15-6-4-14(5-7-15)12-27-20(13-29)24(31)32-3)11-21(33-25)22-17-10-16(26)8-9-19(17)28-23(22)30/h4-11,20,27,29H,12-13H2,1-3H3,(H,28,30)/t20-/m0/s1. The maximum Gasteiger partial charge on any atom is 0.325 e. The van der Waals surface area contributed by atoms with Gasteiger partial charge in [-0.2, -0.15) is 0 Å². The minimum absolute atomic E-state index is 0.311. The first kappa shape index (κ1) is 22.7. The van der Waals surface area contributed by atoms with E-state index >= 15 is 0 Å². The van der Waals surface area contributed by atoms with Crippen LogP contribution in [0.4, 0.5) is 10.1 Å². The van der Waals surface area contributed by atoms with Gasteiger partial charge in [-0.25, -0.2) is 4.39 Å². The largest absolute Gasteiger partial charge is 0.482 e. The first-order valence-electron chi connectivity index (χ1n) is 10.5. The molecule has 1 amide bonds. The lowest BCUT2D eigenvalue weighted by Crippen LogP contribution is -2.40. The summed E-state index contributed by atoms with van der Waals surface area (Å²) in [4.78, 5) is 24.2. The molecule has 0 spiro atoms. The monoisotopic (exact) mass is 452 g/mol. The Kier molecular flexibility index (Phi) is 6.05. The van der Waals surface area contributed by atoms with E-state index in [0.29, 0.717) is 29.1 Å². The molecule has 0 aliphatic carbocycles. The predicted molar refractivity (Wildman–Crippen MR) is 121 cm³/mol. The van der Waals surface area contributed by atoms with E-state index in [-0.39, 0.29) is 12.5 Å². The van der Waals surface area contributed by atoms with E-state index in [4.69, 9.17) is 4.74 Å². The quantitative estimate of drug-likeness (QED) is 0.461. The number of aliphatic hydroxyl groups is 1. The Labute approximate surface area is 190 Å². The van der Waals surface area contributed by atoms with Crippen molar-refractivity contribution < 1.29 is 28.6 Å². The molecule has 0 bridgehead atoms. The van der Waals surface area contributed by atoms with Crippen LogP contribution in [0.3, 0.4) is 0 Å². The first-order chi connectivity index (χ1) is 15.7. The lowest BCUT2D eigenvalue weighted by Gasteiger charge is -2.23. The molecule has 3 N–H and O–H groups in total. The van der Waals surface area contributed by atoms with E-state index in [9.17, 15) is 19.1 Å². The number of anilines is 1. The van der Waals surface area contributed by atoms with Crippen LogP contribution in [0, 0.1) is 5.82 Å². The number of allylic oxidation sites excluding steroid dienone is 1. The number of fused-ring (bicyclic) bond motifs is 1. The molecule has 0 radical (unpaired) electrons. The molecule has 4 rings (SSSR count). The van der Waals surface area contributed by atoms with Crippen molar-refractivity contribution in [2.75, 3.05) is 19.0 Å². The summed E-state index contributed by atoms with van der Waals surface area (Å²) in [6.07, 6.45) is 1.82. The summed E-state index contributed by atoms with van der Waals surface area (Å²) >= 11 is 0. The molecule has 2 aliphatic rings. The smallest absolute Gasteiger partial charge is 0.325 e. The number of nitrogens with one attached hydrogen (secondary N) is 2. The molecular formula is C25H25FN2O5. The van der Waals surface area contributed by atoms with E-state index in [0.717, 1.165) is 16.7 Å². The number of benzene rings is 2. The fourth-order valence-electron chi connectivity index (χ4n) is 4.01. The SMILES string of the molecule is COC(=O)[C@H](CO)NCc1ccc(C2=CC(=C3C(=O)Nc4ccc(F)cc43)OC2(C)C)cc1. The van der Waals surface area contributed by atoms with Gasteiger partial charge in [-0.1, -0.05) is 24.3 Å². The summed E-state index contributed by atoms with van der Waals surface area (Å²) in [6.45, 7) is 3.82. The predicted octanol–water partition coefficient (Wildman–Crippen LogP) is 3.00. The fraction of sp³-hybridized carbons (Fsp3) is 0.280. The highest BCUT2D eigenvalue weighted by atomic mass is 19.1. The Bertz CT molecular complexity index is 1170. The molecule has 33 heavy (non-hydrogen) atoms. The second kappa shape index (κ2) is 8.80. The van der Waals surface area contributed by atoms with Gasteiger partial charge in [0.2, 0.25) is 0 Å². The fourth-order valence-corrected chi connectivity index (χ4v) is 4.01. The summed E-state index contributed by atoms with van der Waals surface area (Å²) in [6, 6.07) is 11.0. The van der Waals surface area contributed by atoms with E-state index in [1.54, 1.807) is 0 Å². The molecule has 8 heteroatoms. The van der Waals surface area contributed by atoms with Gasteiger partial charge in [-0.3, -0.25) is 14.9 Å². The maximum absolute atomic E-state index is 13.8. The third-order valence-corrected chi connectivity index (χ3v) is 5.75. The molecule has 2 aromatic rings. The normalized spacial score (nSPS) is 19.4. The Morgan fingerprint density at radius 2 is 1.97 bits per heavy atom. The summed E-state index contributed by atoms with van der Waals surface area (Å²) in [5.74, 6) is -0.887. The highest BCUT2D eigenvalue weighted by Gasteiger charge is 2.38. The number of rotatable bonds is 6. The van der Waals surface area contributed by atoms with Gasteiger partial charge in [-0.15, -0.1) is 0 Å². The van der Waals surface area contributed by atoms with Crippen molar-refractivity contribution in [1.82, 2.24) is 5.32 Å². The van der Waals surface area contributed by atoms with Crippen LogP contribution in [-0.2, 0) is 25.6 Å². The second-order valence-corrected chi connectivity index (χ2v) is 8.39. The number of hydrogen-bond acceptors (Lipinski definition) is 6. The van der Waals surface area contributed by atoms with Crippen LogP contribution in [0.1, 0.15) is 30.5 Å². The lowest BCUT2D eigenvalue weighted by atomic mass is 9.91. The van der Waals surface area contributed by atoms with Gasteiger partial charge in [-0.05, 0) is 49.2 Å². The number of halogens is 1. The van der Waals surface area contributed by atoms with Crippen LogP contribution >= 0.6 is 0 Å². The molecule has 172 valence electrons. The Morgan fingerprint density at radius 3 is 2.64 bits per heavy atom. The summed E-state index contributed by atoms with van der Waals surface area (Å²) in [5.41, 5.74) is 3.34. The van der Waals surface area contributed by atoms with E-state index in [1.807, 2.05) is 44.2 Å². The van der Waals surface area contributed by atoms with Crippen LogP contribution < -0.4 is 10.6 Å². The number of carbonyl (C=O) groups is 2. The van der Waals surface area contributed by atoms with E-state index in [1.165, 1.54) is 25.3 Å². The maximum atomic E-state index is 13.8. The molecule has 0 saturated carbocycles. The first-order valence-corrected chi connectivity index (χ1v) is 10.5. The summed E-state index contributed by atoms with van der Waals surface area (Å²) < 4.78 is 24.6. The number of aliphatic hydroxyl groups excluding tert-OH is 1. The lowest BCUT2D eigenvalue weighted by molar-refractivity contribution is -0.144. The van der Waals surface area contributed by atoms with E-state index < -0.39 is 23.4 Å². The Hall–Kier alpha value is -3.49. The molecule has 0 fully saturated rings. The van der Waals surface area contributed by atoms with Gasteiger partial charge in [0, 0.05) is 23.4 Å². The van der Waals surface area contributed by atoms with Crippen LogP contribution in [0.2, 0.25) is 0 Å². The highest BCUT2D eigenvalue weighted by molar-refractivity contribution is 6.32. The van der Waals surface area contributed by atoms with Crippen molar-refractivity contribution in [2.24, 2.45) is 0 Å². The number of esters is 1. The third kappa shape index (κ3) is 4.40. The minimum Gasteiger partial charge on any atom is -0.482 e. The van der Waals surface area contributed by atoms with Crippen LogP contribution in [0.15, 0.2) is 54.3 Å². The average Bonchev–Trinajstić information content (AvgIpc) is 3.28. The third-order valence-electron chi connectivity index (χ3n) is 5.75. The molecule has 7 nitrogen and oxygen atoms in total. The summed E-state index contributed by atoms with van der Waals surface area (Å²) in [7, 11) is 1.27. The molecule has 2 heterocycles. The molecule has 0 aromatic heterocycles. The zero-order valence-electron chi connectivity index (χ0n) is 18.6. The molecule has 2 aromatic carbocycles. The van der Waals surface area contributed by atoms with Crippen molar-refractivity contribution in [3.63, 3.8) is 0 Å². The zero-order valence-corrected chi connectivity index (χ0v) is 18.6. The van der Waals surface area contributed by atoms with Gasteiger partial charge in [0.05, 0.1) is 19.3 Å². The van der Waals surface area contributed by atoms with Crippen molar-refractivity contribution in [3.8, 4) is 0 Å². The van der Waals surface area contributed by atoms with E-state index in [2.05, 4.69) is 15.4 Å².